The van der Waals surface area contributed by atoms with Gasteiger partial charge in [-0.1, -0.05) is 36.4 Å². The Kier molecular flexibility index (Phi) is 3.68. The third-order valence-corrected chi connectivity index (χ3v) is 8.37. The number of pyridine rings is 2. The molecular weight excluding hydrogens is 484 g/mol. The Morgan fingerprint density at radius 2 is 0.897 bits per heavy atom. The first-order valence-electron chi connectivity index (χ1n) is 12.9. The lowest BCUT2D eigenvalue weighted by Gasteiger charge is -2.08. The topological polar surface area (TPSA) is 86.4 Å². The lowest BCUT2D eigenvalue weighted by Crippen LogP contribution is -2.08. The smallest absolute Gasteiger partial charge is 0.197 e. The first kappa shape index (κ1) is 20.7. The second-order valence-electron chi connectivity index (χ2n) is 10.5. The molecule has 6 heteroatoms. The summed E-state index contributed by atoms with van der Waals surface area (Å²) < 4.78 is 2.13. The van der Waals surface area contributed by atoms with Gasteiger partial charge in [-0.2, -0.15) is 0 Å². The van der Waals surface area contributed by atoms with Crippen molar-refractivity contribution in [3.05, 3.63) is 105 Å². The predicted molar refractivity (Wildman–Crippen MR) is 161 cm³/mol. The molecular formula is C33H20N4O2. The van der Waals surface area contributed by atoms with Gasteiger partial charge in [0.15, 0.2) is 10.9 Å². The van der Waals surface area contributed by atoms with E-state index < -0.39 is 0 Å². The van der Waals surface area contributed by atoms with Gasteiger partial charge in [0.1, 0.15) is 0 Å². The van der Waals surface area contributed by atoms with Crippen LogP contribution in [0.2, 0.25) is 0 Å². The maximum atomic E-state index is 13.8. The lowest BCUT2D eigenvalue weighted by atomic mass is 10.0. The number of aryl methyl sites for hydroxylation is 1. The zero-order valence-electron chi connectivity index (χ0n) is 20.8. The molecule has 0 saturated heterocycles. The molecule has 0 unspecified atom stereocenters. The molecule has 0 spiro atoms. The van der Waals surface area contributed by atoms with E-state index in [1.807, 2.05) is 67.7 Å². The normalized spacial score (nSPS) is 12.4. The number of hydrogen-bond donors (Lipinski definition) is 3. The van der Waals surface area contributed by atoms with Crippen molar-refractivity contribution in [3.63, 3.8) is 0 Å². The molecule has 4 aromatic heterocycles. The van der Waals surface area contributed by atoms with Crippen molar-refractivity contribution in [2.24, 2.45) is 7.05 Å². The van der Waals surface area contributed by atoms with Crippen LogP contribution in [0.5, 0.6) is 0 Å². The highest BCUT2D eigenvalue weighted by Gasteiger charge is 2.15. The number of H-pyrrole nitrogens is 3. The number of fused-ring (bicyclic) bond motifs is 10. The summed E-state index contributed by atoms with van der Waals surface area (Å²) in [7, 11) is 2.03. The highest BCUT2D eigenvalue weighted by atomic mass is 16.1. The fourth-order valence-electron chi connectivity index (χ4n) is 6.45. The van der Waals surface area contributed by atoms with E-state index in [2.05, 4.69) is 43.8 Å². The molecule has 9 aromatic rings. The molecule has 0 aliphatic carbocycles. The zero-order valence-corrected chi connectivity index (χ0v) is 20.8. The molecule has 184 valence electrons. The number of aromatic nitrogens is 4. The van der Waals surface area contributed by atoms with Crippen LogP contribution in [-0.4, -0.2) is 19.5 Å². The van der Waals surface area contributed by atoms with Gasteiger partial charge in [-0.15, -0.1) is 0 Å². The minimum absolute atomic E-state index is 0.0548. The number of hydrogen-bond acceptors (Lipinski definition) is 2. The van der Waals surface area contributed by atoms with Gasteiger partial charge in [-0.05, 0) is 48.5 Å². The maximum absolute atomic E-state index is 13.8. The fourth-order valence-corrected chi connectivity index (χ4v) is 6.45. The molecule has 0 atom stereocenters. The van der Waals surface area contributed by atoms with Crippen LogP contribution in [0, 0.1) is 0 Å². The van der Waals surface area contributed by atoms with Crippen molar-refractivity contribution in [1.82, 2.24) is 19.5 Å². The summed E-state index contributed by atoms with van der Waals surface area (Å²) in [6, 6.07) is 28.0. The summed E-state index contributed by atoms with van der Waals surface area (Å²) >= 11 is 0. The average Bonchev–Trinajstić information content (AvgIpc) is 3.46. The van der Waals surface area contributed by atoms with Gasteiger partial charge < -0.3 is 19.5 Å². The molecule has 5 aromatic carbocycles. The van der Waals surface area contributed by atoms with Crippen LogP contribution >= 0.6 is 0 Å². The minimum Gasteiger partial charge on any atom is -0.354 e. The first-order valence-corrected chi connectivity index (χ1v) is 12.9. The SMILES string of the molecule is Cn1c2ccccc2c2cc3[nH]c4cc5c(=O)c6cc7[nH]c8ccccc8c7cc6[nH]c5cc4c(=O)c3cc21. The Morgan fingerprint density at radius 1 is 0.436 bits per heavy atom. The second-order valence-corrected chi connectivity index (χ2v) is 10.5. The van der Waals surface area contributed by atoms with Crippen molar-refractivity contribution >= 4 is 87.2 Å². The Bertz CT molecular complexity index is 2670. The summed E-state index contributed by atoms with van der Waals surface area (Å²) in [5.41, 5.74) is 6.77. The number of nitrogens with one attached hydrogen (secondary N) is 3. The highest BCUT2D eigenvalue weighted by molar-refractivity contribution is 6.15. The highest BCUT2D eigenvalue weighted by Crippen LogP contribution is 2.32. The van der Waals surface area contributed by atoms with E-state index in [0.29, 0.717) is 32.6 Å². The Morgan fingerprint density at radius 3 is 1.56 bits per heavy atom. The largest absolute Gasteiger partial charge is 0.354 e. The van der Waals surface area contributed by atoms with Crippen molar-refractivity contribution in [2.75, 3.05) is 0 Å². The van der Waals surface area contributed by atoms with Crippen molar-refractivity contribution < 1.29 is 0 Å². The van der Waals surface area contributed by atoms with Crippen LogP contribution in [0.4, 0.5) is 0 Å². The van der Waals surface area contributed by atoms with Crippen LogP contribution < -0.4 is 10.9 Å². The van der Waals surface area contributed by atoms with E-state index in [9.17, 15) is 9.59 Å². The van der Waals surface area contributed by atoms with E-state index in [-0.39, 0.29) is 10.9 Å². The summed E-state index contributed by atoms with van der Waals surface area (Å²) in [4.78, 5) is 37.9. The third-order valence-electron chi connectivity index (χ3n) is 8.37. The van der Waals surface area contributed by atoms with Crippen LogP contribution in [-0.2, 0) is 7.05 Å². The molecule has 4 heterocycles. The van der Waals surface area contributed by atoms with Gasteiger partial charge in [0.25, 0.3) is 0 Å². The summed E-state index contributed by atoms with van der Waals surface area (Å²) in [6.45, 7) is 0. The number of rotatable bonds is 0. The Labute approximate surface area is 219 Å². The Hall–Kier alpha value is -5.36. The standard InChI is InChI=1S/C33H20N4O2/c1-37-30-9-5-3-7-17(30)19-11-27-23(15-31(19)37)33(39)22-14-28-21(13-29(22)36-27)32(38)20-12-25-18(10-26(20)35-28)16-6-2-4-8-24(16)34-25/h2-15,34H,1H3,(H,35,38)(H,36,39). The summed E-state index contributed by atoms with van der Waals surface area (Å²) in [5.74, 6) is 0. The molecule has 39 heavy (non-hydrogen) atoms. The van der Waals surface area contributed by atoms with Crippen LogP contribution in [0.15, 0.2) is 94.5 Å². The first-order chi connectivity index (χ1) is 19.0. The second kappa shape index (κ2) is 6.94. The third kappa shape index (κ3) is 2.60. The van der Waals surface area contributed by atoms with Crippen LogP contribution in [0.25, 0.3) is 87.2 Å². The lowest BCUT2D eigenvalue weighted by molar-refractivity contribution is 1.01. The van der Waals surface area contributed by atoms with Gasteiger partial charge >= 0.3 is 0 Å². The molecule has 0 fully saturated rings. The van der Waals surface area contributed by atoms with Gasteiger partial charge in [-0.3, -0.25) is 9.59 Å². The average molecular weight is 505 g/mol. The van der Waals surface area contributed by atoms with E-state index >= 15 is 0 Å². The van der Waals surface area contributed by atoms with E-state index in [4.69, 9.17) is 0 Å². The number of nitrogens with zero attached hydrogens (tertiary/aromatic N) is 1. The van der Waals surface area contributed by atoms with Crippen molar-refractivity contribution in [1.29, 1.82) is 0 Å². The minimum atomic E-state index is -0.0633. The molecule has 0 aliphatic rings. The molecule has 0 bridgehead atoms. The summed E-state index contributed by atoms with van der Waals surface area (Å²) in [6.07, 6.45) is 0. The molecule has 9 rings (SSSR count). The number of para-hydroxylation sites is 2. The molecule has 0 saturated carbocycles. The predicted octanol–water partition coefficient (Wildman–Crippen LogP) is 6.96. The molecule has 6 nitrogen and oxygen atoms in total. The van der Waals surface area contributed by atoms with Gasteiger partial charge in [-0.25, -0.2) is 0 Å². The molecule has 0 radical (unpaired) electrons. The maximum Gasteiger partial charge on any atom is 0.197 e. The van der Waals surface area contributed by atoms with E-state index in [1.165, 1.54) is 0 Å². The summed E-state index contributed by atoms with van der Waals surface area (Å²) in [5, 5.41) is 6.73. The van der Waals surface area contributed by atoms with E-state index in [1.54, 1.807) is 0 Å². The van der Waals surface area contributed by atoms with Crippen LogP contribution in [0.1, 0.15) is 0 Å². The van der Waals surface area contributed by atoms with Crippen LogP contribution in [0.3, 0.4) is 0 Å². The van der Waals surface area contributed by atoms with Gasteiger partial charge in [0.05, 0.1) is 22.1 Å². The quantitative estimate of drug-likeness (QED) is 0.195. The monoisotopic (exact) mass is 504 g/mol. The molecule has 0 aliphatic heterocycles. The zero-order chi connectivity index (χ0) is 26.0. The van der Waals surface area contributed by atoms with Crippen molar-refractivity contribution in [3.8, 4) is 0 Å². The number of aromatic amines is 3. The van der Waals surface area contributed by atoms with E-state index in [0.717, 1.165) is 54.6 Å². The molecule has 3 N–H and O–H groups in total. The Balaban J connectivity index is 1.39. The van der Waals surface area contributed by atoms with Gasteiger partial charge in [0.2, 0.25) is 0 Å². The fraction of sp³-hybridized carbons (Fsp3) is 0.0303. The molecule has 0 amide bonds. The van der Waals surface area contributed by atoms with Gasteiger partial charge in [0, 0.05) is 72.2 Å². The number of benzene rings is 5. The van der Waals surface area contributed by atoms with Crippen molar-refractivity contribution in [2.45, 2.75) is 0 Å².